The van der Waals surface area contributed by atoms with Gasteiger partial charge in [0.25, 0.3) is 5.91 Å². The summed E-state index contributed by atoms with van der Waals surface area (Å²) >= 11 is 1.59. The van der Waals surface area contributed by atoms with Crippen LogP contribution in [0, 0.1) is 0 Å². The summed E-state index contributed by atoms with van der Waals surface area (Å²) in [5.74, 6) is 0.647. The molecule has 0 aliphatic carbocycles. The maximum atomic E-state index is 12.0. The van der Waals surface area contributed by atoms with E-state index in [0.717, 1.165) is 16.7 Å². The van der Waals surface area contributed by atoms with E-state index in [2.05, 4.69) is 4.99 Å². The number of benzene rings is 2. The molecule has 4 heteroatoms. The van der Waals surface area contributed by atoms with Crippen LogP contribution in [0.3, 0.4) is 0 Å². The van der Waals surface area contributed by atoms with Crippen molar-refractivity contribution in [3.63, 3.8) is 0 Å². The van der Waals surface area contributed by atoms with Crippen LogP contribution in [0.4, 0.5) is 5.69 Å². The summed E-state index contributed by atoms with van der Waals surface area (Å²) in [6.45, 7) is 0. The highest BCUT2D eigenvalue weighted by Crippen LogP contribution is 2.30. The summed E-state index contributed by atoms with van der Waals surface area (Å²) in [4.78, 5) is 18.2. The molecule has 3 rings (SSSR count). The monoisotopic (exact) mass is 268 g/mol. The first kappa shape index (κ1) is 12.0. The van der Waals surface area contributed by atoms with Crippen molar-refractivity contribution in [2.24, 2.45) is 4.99 Å². The molecule has 2 aromatic rings. The first-order chi connectivity index (χ1) is 9.34. The second-order valence-electron chi connectivity index (χ2n) is 4.10. The second-order valence-corrected chi connectivity index (χ2v) is 5.01. The normalized spacial score (nSPS) is 16.2. The maximum absolute atomic E-state index is 12.0. The summed E-state index contributed by atoms with van der Waals surface area (Å²) in [5, 5.41) is 0.764. The lowest BCUT2D eigenvalue weighted by atomic mass is 10.2. The van der Waals surface area contributed by atoms with Crippen LogP contribution in [0.15, 0.2) is 65.7 Å². The smallest absolute Gasteiger partial charge is 0.279 e. The van der Waals surface area contributed by atoms with Crippen LogP contribution in [-0.4, -0.2) is 17.0 Å². The van der Waals surface area contributed by atoms with Crippen LogP contribution in [-0.2, 0) is 0 Å². The molecule has 2 aromatic carbocycles. The number of hydrogen-bond donors (Lipinski definition) is 0. The molecule has 1 aliphatic heterocycles. The molecular formula is C15H12N2OS. The van der Waals surface area contributed by atoms with Gasteiger partial charge in [0.05, 0.1) is 5.88 Å². The van der Waals surface area contributed by atoms with E-state index in [1.165, 1.54) is 0 Å². The molecular weight excluding hydrogens is 256 g/mol. The molecule has 0 radical (unpaired) electrons. The minimum absolute atomic E-state index is 0.191. The molecule has 1 aliphatic rings. The standard InChI is InChI=1S/C15H12N2OS/c18-14(12-7-3-1-4-8-12)16-15-17(11-19-15)13-9-5-2-6-10-13/h1-10H,11H2. The van der Waals surface area contributed by atoms with Gasteiger partial charge in [0, 0.05) is 11.3 Å². The molecule has 1 fully saturated rings. The van der Waals surface area contributed by atoms with E-state index in [4.69, 9.17) is 0 Å². The number of rotatable bonds is 2. The fourth-order valence-electron chi connectivity index (χ4n) is 1.80. The van der Waals surface area contributed by atoms with E-state index in [-0.39, 0.29) is 5.91 Å². The quantitative estimate of drug-likeness (QED) is 0.837. The summed E-state index contributed by atoms with van der Waals surface area (Å²) in [6, 6.07) is 19.1. The Morgan fingerprint density at radius 3 is 2.21 bits per heavy atom. The third kappa shape index (κ3) is 2.53. The first-order valence-electron chi connectivity index (χ1n) is 5.98. The summed E-state index contributed by atoms with van der Waals surface area (Å²) in [7, 11) is 0. The van der Waals surface area contributed by atoms with Crippen molar-refractivity contribution in [2.75, 3.05) is 10.8 Å². The lowest BCUT2D eigenvalue weighted by Crippen LogP contribution is -2.39. The van der Waals surface area contributed by atoms with Crippen molar-refractivity contribution in [3.8, 4) is 0 Å². The topological polar surface area (TPSA) is 32.7 Å². The van der Waals surface area contributed by atoms with E-state index in [9.17, 15) is 4.79 Å². The van der Waals surface area contributed by atoms with E-state index in [1.54, 1.807) is 23.9 Å². The molecule has 1 amide bonds. The van der Waals surface area contributed by atoms with E-state index in [1.807, 2.05) is 53.4 Å². The summed E-state index contributed by atoms with van der Waals surface area (Å²) in [6.07, 6.45) is 0. The van der Waals surface area contributed by atoms with Gasteiger partial charge >= 0.3 is 0 Å². The van der Waals surface area contributed by atoms with Crippen LogP contribution in [0.25, 0.3) is 0 Å². The highest BCUT2D eigenvalue weighted by atomic mass is 32.2. The fourth-order valence-corrected chi connectivity index (χ4v) is 2.58. The zero-order valence-electron chi connectivity index (χ0n) is 10.2. The number of aliphatic imine (C=N–C) groups is 1. The summed E-state index contributed by atoms with van der Waals surface area (Å²) in [5.41, 5.74) is 1.69. The molecule has 0 unspecified atom stereocenters. The predicted molar refractivity (Wildman–Crippen MR) is 79.6 cm³/mol. The first-order valence-corrected chi connectivity index (χ1v) is 6.96. The summed E-state index contributed by atoms with van der Waals surface area (Å²) < 4.78 is 0. The van der Waals surface area contributed by atoms with Crippen LogP contribution < -0.4 is 4.90 Å². The van der Waals surface area contributed by atoms with Crippen LogP contribution in [0.2, 0.25) is 0 Å². The SMILES string of the molecule is O=C(N=C1SCN1c1ccccc1)c1ccccc1. The number of thioether (sulfide) groups is 1. The van der Waals surface area contributed by atoms with Gasteiger partial charge in [0.15, 0.2) is 5.17 Å². The molecule has 0 aromatic heterocycles. The van der Waals surface area contributed by atoms with Crippen molar-refractivity contribution in [3.05, 3.63) is 66.2 Å². The van der Waals surface area contributed by atoms with Crippen molar-refractivity contribution < 1.29 is 4.79 Å². The Labute approximate surface area is 116 Å². The largest absolute Gasteiger partial charge is 0.311 e. The van der Waals surface area contributed by atoms with Crippen LogP contribution >= 0.6 is 11.8 Å². The highest BCUT2D eigenvalue weighted by Gasteiger charge is 2.25. The molecule has 0 saturated carbocycles. The number of para-hydroxylation sites is 1. The maximum Gasteiger partial charge on any atom is 0.279 e. The van der Waals surface area contributed by atoms with E-state index in [0.29, 0.717) is 5.56 Å². The van der Waals surface area contributed by atoms with Crippen LogP contribution in [0.1, 0.15) is 10.4 Å². The molecule has 0 bridgehead atoms. The number of carbonyl (C=O) groups excluding carboxylic acids is 1. The van der Waals surface area contributed by atoms with Gasteiger partial charge in [-0.1, -0.05) is 48.2 Å². The van der Waals surface area contributed by atoms with Crippen LogP contribution in [0.5, 0.6) is 0 Å². The van der Waals surface area contributed by atoms with Crippen molar-refractivity contribution in [1.29, 1.82) is 0 Å². The number of amidine groups is 1. The lowest BCUT2D eigenvalue weighted by molar-refractivity contribution is 0.100. The number of hydrogen-bond acceptors (Lipinski definition) is 2. The molecule has 19 heavy (non-hydrogen) atoms. The van der Waals surface area contributed by atoms with Gasteiger partial charge in [-0.3, -0.25) is 4.79 Å². The number of anilines is 1. The molecule has 3 nitrogen and oxygen atoms in total. The van der Waals surface area contributed by atoms with E-state index < -0.39 is 0 Å². The molecule has 0 N–H and O–H groups in total. The molecule has 1 heterocycles. The molecule has 1 saturated heterocycles. The Kier molecular flexibility index (Phi) is 3.33. The predicted octanol–water partition coefficient (Wildman–Crippen LogP) is 3.39. The van der Waals surface area contributed by atoms with Crippen molar-refractivity contribution >= 4 is 28.5 Å². The zero-order chi connectivity index (χ0) is 13.1. The fraction of sp³-hybridized carbons (Fsp3) is 0.0667. The number of amides is 1. The van der Waals surface area contributed by atoms with Gasteiger partial charge < -0.3 is 4.90 Å². The lowest BCUT2D eigenvalue weighted by Gasteiger charge is -2.33. The average Bonchev–Trinajstić information content (AvgIpc) is 2.45. The van der Waals surface area contributed by atoms with E-state index >= 15 is 0 Å². The Morgan fingerprint density at radius 2 is 1.63 bits per heavy atom. The Morgan fingerprint density at radius 1 is 1.00 bits per heavy atom. The van der Waals surface area contributed by atoms with Crippen molar-refractivity contribution in [1.82, 2.24) is 0 Å². The van der Waals surface area contributed by atoms with Gasteiger partial charge in [-0.05, 0) is 24.3 Å². The third-order valence-corrected chi connectivity index (χ3v) is 3.80. The number of nitrogens with zero attached hydrogens (tertiary/aromatic N) is 2. The molecule has 0 spiro atoms. The van der Waals surface area contributed by atoms with Gasteiger partial charge in [-0.15, -0.1) is 0 Å². The minimum Gasteiger partial charge on any atom is -0.311 e. The Hall–Kier alpha value is -2.07. The second kappa shape index (κ2) is 5.28. The Balaban J connectivity index is 1.80. The minimum atomic E-state index is -0.191. The van der Waals surface area contributed by atoms with Gasteiger partial charge in [0.2, 0.25) is 0 Å². The third-order valence-electron chi connectivity index (χ3n) is 2.84. The zero-order valence-corrected chi connectivity index (χ0v) is 11.0. The van der Waals surface area contributed by atoms with Crippen molar-refractivity contribution in [2.45, 2.75) is 0 Å². The number of carbonyl (C=O) groups is 1. The molecule has 94 valence electrons. The average molecular weight is 268 g/mol. The van der Waals surface area contributed by atoms with Gasteiger partial charge in [-0.25, -0.2) is 0 Å². The highest BCUT2D eigenvalue weighted by molar-refractivity contribution is 8.16. The van der Waals surface area contributed by atoms with Gasteiger partial charge in [-0.2, -0.15) is 4.99 Å². The Bertz CT molecular complexity index is 611. The van der Waals surface area contributed by atoms with Gasteiger partial charge in [0.1, 0.15) is 0 Å². The molecule has 0 atom stereocenters.